The van der Waals surface area contributed by atoms with E-state index in [0.29, 0.717) is 19.4 Å². The van der Waals surface area contributed by atoms with Crippen molar-refractivity contribution in [3.8, 4) is 0 Å². The molecule has 1 atom stereocenters. The minimum Gasteiger partial charge on any atom is -0.480 e. The largest absolute Gasteiger partial charge is 0.480 e. The average Bonchev–Trinajstić information content (AvgIpc) is 2.44. The molecule has 1 saturated heterocycles. The van der Waals surface area contributed by atoms with Gasteiger partial charge in [0.15, 0.2) is 0 Å². The van der Waals surface area contributed by atoms with E-state index >= 15 is 0 Å². The maximum absolute atomic E-state index is 12.2. The van der Waals surface area contributed by atoms with Gasteiger partial charge in [0.2, 0.25) is 0 Å². The lowest BCUT2D eigenvalue weighted by Crippen LogP contribution is -2.51. The molecule has 0 aromatic rings. The summed E-state index contributed by atoms with van der Waals surface area (Å²) in [6.07, 6.45) is 1.15. The second-order valence-electron chi connectivity index (χ2n) is 4.73. The van der Waals surface area contributed by atoms with E-state index in [1.165, 1.54) is 12.0 Å². The maximum Gasteiger partial charge on any atom is 0.323 e. The summed E-state index contributed by atoms with van der Waals surface area (Å²) in [5, 5.41) is 17.5. The average molecular weight is 302 g/mol. The first-order valence-corrected chi connectivity index (χ1v) is 6.40. The Morgan fingerprint density at radius 2 is 1.76 bits per heavy atom. The van der Waals surface area contributed by atoms with Gasteiger partial charge in [-0.1, -0.05) is 0 Å². The number of hydrogen-bond acceptors (Lipinski definition) is 5. The third-order valence-electron chi connectivity index (χ3n) is 3.15. The molecule has 1 aliphatic rings. The number of likely N-dealkylation sites (tertiary alicyclic amines) is 1. The summed E-state index contributed by atoms with van der Waals surface area (Å²) in [4.78, 5) is 47.1. The van der Waals surface area contributed by atoms with Crippen molar-refractivity contribution in [2.45, 2.75) is 12.8 Å². The number of esters is 1. The molecule has 1 fully saturated rings. The van der Waals surface area contributed by atoms with Gasteiger partial charge in [0.25, 0.3) is 0 Å². The Morgan fingerprint density at radius 1 is 1.19 bits per heavy atom. The van der Waals surface area contributed by atoms with Crippen molar-refractivity contribution < 1.29 is 34.1 Å². The topological polar surface area (TPSA) is 124 Å². The molecule has 0 saturated carbocycles. The molecule has 1 unspecified atom stereocenters. The van der Waals surface area contributed by atoms with Crippen LogP contribution in [-0.4, -0.2) is 77.2 Å². The number of aliphatic carboxylic acids is 2. The molecule has 0 bridgehead atoms. The standard InChI is InChI=1S/C12H18N2O7/c1-21-11(19)8-3-2-4-13(5-8)12(20)14(6-9(15)16)7-10(17)18/h8H,2-7H2,1H3,(H,15,16)(H,17,18). The van der Waals surface area contributed by atoms with Gasteiger partial charge >= 0.3 is 23.9 Å². The van der Waals surface area contributed by atoms with Crippen LogP contribution in [-0.2, 0) is 19.1 Å². The van der Waals surface area contributed by atoms with E-state index in [0.717, 1.165) is 4.90 Å². The molecule has 21 heavy (non-hydrogen) atoms. The molecule has 0 aromatic carbocycles. The molecular weight excluding hydrogens is 284 g/mol. The lowest BCUT2D eigenvalue weighted by molar-refractivity contribution is -0.147. The summed E-state index contributed by atoms with van der Waals surface area (Å²) in [6.45, 7) is -0.960. The molecule has 2 amide bonds. The van der Waals surface area contributed by atoms with Gasteiger partial charge in [-0.3, -0.25) is 14.4 Å². The second-order valence-corrected chi connectivity index (χ2v) is 4.73. The Bertz CT molecular complexity index is 421. The normalized spacial score (nSPS) is 18.0. The summed E-state index contributed by atoms with van der Waals surface area (Å²) in [5.74, 6) is -3.50. The Labute approximate surface area is 121 Å². The van der Waals surface area contributed by atoms with Crippen molar-refractivity contribution in [2.24, 2.45) is 5.92 Å². The fourth-order valence-electron chi connectivity index (χ4n) is 2.23. The Morgan fingerprint density at radius 3 is 2.24 bits per heavy atom. The van der Waals surface area contributed by atoms with Crippen LogP contribution in [0.1, 0.15) is 12.8 Å². The van der Waals surface area contributed by atoms with Crippen molar-refractivity contribution >= 4 is 23.9 Å². The fraction of sp³-hybridized carbons (Fsp3) is 0.667. The SMILES string of the molecule is COC(=O)C1CCCN(C(=O)N(CC(=O)O)CC(=O)O)C1. The lowest BCUT2D eigenvalue weighted by Gasteiger charge is -2.34. The third kappa shape index (κ3) is 4.93. The van der Waals surface area contributed by atoms with Crippen molar-refractivity contribution in [1.82, 2.24) is 9.80 Å². The minimum atomic E-state index is -1.30. The number of urea groups is 1. The van der Waals surface area contributed by atoms with Gasteiger partial charge < -0.3 is 24.7 Å². The molecule has 1 heterocycles. The van der Waals surface area contributed by atoms with Gasteiger partial charge in [-0.2, -0.15) is 0 Å². The number of nitrogens with zero attached hydrogens (tertiary/aromatic N) is 2. The summed E-state index contributed by atoms with van der Waals surface area (Å²) >= 11 is 0. The molecule has 1 rings (SSSR count). The first-order chi connectivity index (χ1) is 9.85. The van der Waals surface area contributed by atoms with Crippen LogP contribution in [0, 0.1) is 5.92 Å². The lowest BCUT2D eigenvalue weighted by atomic mass is 9.98. The number of piperidine rings is 1. The highest BCUT2D eigenvalue weighted by atomic mass is 16.5. The number of ether oxygens (including phenoxy) is 1. The van der Waals surface area contributed by atoms with E-state index in [1.807, 2.05) is 0 Å². The zero-order chi connectivity index (χ0) is 16.0. The fourth-order valence-corrected chi connectivity index (χ4v) is 2.23. The number of carboxylic acid groups (broad SMARTS) is 2. The summed E-state index contributed by atoms with van der Waals surface area (Å²) in [6, 6.07) is -0.701. The molecule has 0 aromatic heterocycles. The number of carbonyl (C=O) groups excluding carboxylic acids is 2. The van der Waals surface area contributed by atoms with Crippen molar-refractivity contribution in [3.05, 3.63) is 0 Å². The smallest absolute Gasteiger partial charge is 0.323 e. The molecule has 9 nitrogen and oxygen atoms in total. The number of methoxy groups -OCH3 is 1. The summed E-state index contributed by atoms with van der Waals surface area (Å²) in [7, 11) is 1.25. The van der Waals surface area contributed by atoms with E-state index in [4.69, 9.17) is 10.2 Å². The Balaban J connectivity index is 2.75. The first kappa shape index (κ1) is 16.7. The Hall–Kier alpha value is -2.32. The molecule has 0 radical (unpaired) electrons. The number of amides is 2. The highest BCUT2D eigenvalue weighted by Crippen LogP contribution is 2.19. The van der Waals surface area contributed by atoms with Crippen LogP contribution in [0.15, 0.2) is 0 Å². The highest BCUT2D eigenvalue weighted by Gasteiger charge is 2.32. The molecule has 9 heteroatoms. The number of carboxylic acids is 2. The zero-order valence-corrected chi connectivity index (χ0v) is 11.7. The van der Waals surface area contributed by atoms with Crippen LogP contribution in [0.25, 0.3) is 0 Å². The third-order valence-corrected chi connectivity index (χ3v) is 3.15. The van der Waals surface area contributed by atoms with E-state index < -0.39 is 42.9 Å². The molecule has 0 spiro atoms. The predicted octanol–water partition coefficient (Wildman–Crippen LogP) is -0.537. The van der Waals surface area contributed by atoms with E-state index in [-0.39, 0.29) is 6.54 Å². The van der Waals surface area contributed by atoms with Crippen LogP contribution in [0.5, 0.6) is 0 Å². The van der Waals surface area contributed by atoms with Gasteiger partial charge in [0, 0.05) is 13.1 Å². The summed E-state index contributed by atoms with van der Waals surface area (Å²) < 4.78 is 4.63. The minimum absolute atomic E-state index is 0.0985. The number of carbonyl (C=O) groups is 4. The second kappa shape index (κ2) is 7.46. The molecule has 1 aliphatic heterocycles. The molecule has 0 aliphatic carbocycles. The molecular formula is C12H18N2O7. The quantitative estimate of drug-likeness (QED) is 0.653. The van der Waals surface area contributed by atoms with Crippen LogP contribution in [0.2, 0.25) is 0 Å². The van der Waals surface area contributed by atoms with Crippen molar-refractivity contribution in [1.29, 1.82) is 0 Å². The van der Waals surface area contributed by atoms with Crippen LogP contribution >= 0.6 is 0 Å². The summed E-state index contributed by atoms with van der Waals surface area (Å²) in [5.41, 5.74) is 0. The highest BCUT2D eigenvalue weighted by molar-refractivity contribution is 5.84. The van der Waals surface area contributed by atoms with Gasteiger partial charge in [-0.05, 0) is 12.8 Å². The predicted molar refractivity (Wildman–Crippen MR) is 68.6 cm³/mol. The zero-order valence-electron chi connectivity index (χ0n) is 11.7. The number of rotatable bonds is 5. The van der Waals surface area contributed by atoms with Gasteiger partial charge in [0.1, 0.15) is 13.1 Å². The molecule has 2 N–H and O–H groups in total. The first-order valence-electron chi connectivity index (χ1n) is 6.40. The van der Waals surface area contributed by atoms with Crippen LogP contribution in [0.3, 0.4) is 0 Å². The van der Waals surface area contributed by atoms with Crippen LogP contribution < -0.4 is 0 Å². The number of hydrogen-bond donors (Lipinski definition) is 2. The van der Waals surface area contributed by atoms with Crippen molar-refractivity contribution in [3.63, 3.8) is 0 Å². The van der Waals surface area contributed by atoms with Gasteiger partial charge in [-0.15, -0.1) is 0 Å². The van der Waals surface area contributed by atoms with Gasteiger partial charge in [0.05, 0.1) is 13.0 Å². The monoisotopic (exact) mass is 302 g/mol. The van der Waals surface area contributed by atoms with E-state index in [1.54, 1.807) is 0 Å². The van der Waals surface area contributed by atoms with Crippen molar-refractivity contribution in [2.75, 3.05) is 33.3 Å². The molecule has 118 valence electrons. The maximum atomic E-state index is 12.2. The van der Waals surface area contributed by atoms with E-state index in [9.17, 15) is 19.2 Å². The van der Waals surface area contributed by atoms with Gasteiger partial charge in [-0.25, -0.2) is 4.79 Å². The Kier molecular flexibility index (Phi) is 5.94. The van der Waals surface area contributed by atoms with E-state index in [2.05, 4.69) is 4.74 Å². The van der Waals surface area contributed by atoms with Crippen LogP contribution in [0.4, 0.5) is 4.79 Å².